The van der Waals surface area contributed by atoms with Crippen molar-refractivity contribution in [1.29, 1.82) is 0 Å². The van der Waals surface area contributed by atoms with Crippen molar-refractivity contribution in [3.63, 3.8) is 0 Å². The Labute approximate surface area is 101 Å². The van der Waals surface area contributed by atoms with E-state index in [1.54, 1.807) is 0 Å². The minimum atomic E-state index is -1.01. The Hall–Kier alpha value is -1.82. The molecule has 1 heterocycles. The molecular formula is C10H7ClN2O4. The number of rotatable bonds is 1. The maximum atomic E-state index is 11.6. The number of carbonyl (C=O) groups is 3. The van der Waals surface area contributed by atoms with Gasteiger partial charge in [0, 0.05) is 6.08 Å². The third-order valence-corrected chi connectivity index (χ3v) is 2.69. The molecule has 88 valence electrons. The lowest BCUT2D eigenvalue weighted by atomic mass is 9.93. The monoisotopic (exact) mass is 254 g/mol. The third kappa shape index (κ3) is 1.91. The van der Waals surface area contributed by atoms with E-state index in [1.165, 1.54) is 7.11 Å². The van der Waals surface area contributed by atoms with Gasteiger partial charge in [0.1, 0.15) is 12.1 Å². The molecule has 1 aliphatic heterocycles. The zero-order valence-corrected chi connectivity index (χ0v) is 9.47. The summed E-state index contributed by atoms with van der Waals surface area (Å²) in [5.74, 6) is -1.62. The minimum Gasteiger partial charge on any atom is -0.464 e. The lowest BCUT2D eigenvalue weighted by Crippen LogP contribution is -2.44. The fraction of sp³-hybridized carbons (Fsp3) is 0.300. The molecule has 17 heavy (non-hydrogen) atoms. The Bertz CT molecular complexity index is 506. The summed E-state index contributed by atoms with van der Waals surface area (Å²) in [6.45, 7) is 0. The van der Waals surface area contributed by atoms with Gasteiger partial charge in [0.15, 0.2) is 11.5 Å². The zero-order chi connectivity index (χ0) is 12.6. The number of hydrogen-bond acceptors (Lipinski definition) is 6. The number of carbonyl (C=O) groups excluding carboxylic acids is 3. The van der Waals surface area contributed by atoms with Gasteiger partial charge in [-0.25, -0.2) is 4.79 Å². The molecule has 7 heteroatoms. The molecule has 0 saturated carbocycles. The van der Waals surface area contributed by atoms with E-state index in [9.17, 15) is 14.4 Å². The Kier molecular flexibility index (Phi) is 2.89. The van der Waals surface area contributed by atoms with Gasteiger partial charge in [0.2, 0.25) is 5.78 Å². The number of aliphatic imine (C=N–C) groups is 2. The summed E-state index contributed by atoms with van der Waals surface area (Å²) in [7, 11) is 1.19. The highest BCUT2D eigenvalue weighted by Crippen LogP contribution is 2.22. The van der Waals surface area contributed by atoms with Crippen LogP contribution in [0.5, 0.6) is 0 Å². The van der Waals surface area contributed by atoms with E-state index in [4.69, 9.17) is 11.6 Å². The van der Waals surface area contributed by atoms with Crippen LogP contribution < -0.4 is 0 Å². The summed E-state index contributed by atoms with van der Waals surface area (Å²) in [6, 6.07) is -1.97. The SMILES string of the molecule is COC(=O)C1=NC2C(=O)C=C(Cl)C(=O)C2N=C1. The molecule has 2 aliphatic rings. The van der Waals surface area contributed by atoms with Gasteiger partial charge in [-0.3, -0.25) is 19.6 Å². The van der Waals surface area contributed by atoms with Crippen molar-refractivity contribution in [2.24, 2.45) is 9.98 Å². The zero-order valence-electron chi connectivity index (χ0n) is 8.71. The molecule has 0 aromatic rings. The summed E-state index contributed by atoms with van der Waals surface area (Å²) in [6.07, 6.45) is 2.12. The first-order valence-corrected chi connectivity index (χ1v) is 5.07. The van der Waals surface area contributed by atoms with Gasteiger partial charge in [-0.05, 0) is 0 Å². The Morgan fingerprint density at radius 3 is 2.76 bits per heavy atom. The summed E-state index contributed by atoms with van der Waals surface area (Å²) < 4.78 is 4.45. The summed E-state index contributed by atoms with van der Waals surface area (Å²) in [5, 5.41) is -0.162. The lowest BCUT2D eigenvalue weighted by molar-refractivity contribution is -0.132. The molecule has 2 rings (SSSR count). The van der Waals surface area contributed by atoms with Gasteiger partial charge in [-0.2, -0.15) is 0 Å². The number of ether oxygens (including phenoxy) is 1. The van der Waals surface area contributed by atoms with E-state index in [0.717, 1.165) is 12.3 Å². The maximum absolute atomic E-state index is 11.6. The molecule has 0 bridgehead atoms. The predicted molar refractivity (Wildman–Crippen MR) is 59.5 cm³/mol. The normalized spacial score (nSPS) is 27.2. The smallest absolute Gasteiger partial charge is 0.357 e. The van der Waals surface area contributed by atoms with Crippen LogP contribution in [-0.4, -0.2) is 48.7 Å². The molecule has 2 unspecified atom stereocenters. The van der Waals surface area contributed by atoms with Crippen LogP contribution in [0.1, 0.15) is 0 Å². The fourth-order valence-corrected chi connectivity index (χ4v) is 1.77. The quantitative estimate of drug-likeness (QED) is 0.601. The van der Waals surface area contributed by atoms with Crippen LogP contribution in [0.3, 0.4) is 0 Å². The third-order valence-electron chi connectivity index (χ3n) is 2.39. The van der Waals surface area contributed by atoms with E-state index >= 15 is 0 Å². The van der Waals surface area contributed by atoms with Crippen LogP contribution in [-0.2, 0) is 19.1 Å². The summed E-state index contributed by atoms with van der Waals surface area (Å²) in [4.78, 5) is 42.1. The molecule has 0 amide bonds. The first kappa shape index (κ1) is 11.7. The number of esters is 1. The number of hydrogen-bond donors (Lipinski definition) is 0. The molecule has 0 aromatic heterocycles. The second-order valence-electron chi connectivity index (χ2n) is 3.43. The molecule has 0 radical (unpaired) electrons. The number of nitrogens with zero attached hydrogens (tertiary/aromatic N) is 2. The number of methoxy groups -OCH3 is 1. The van der Waals surface area contributed by atoms with Crippen LogP contribution in [0.4, 0.5) is 0 Å². The van der Waals surface area contributed by atoms with E-state index in [-0.39, 0.29) is 10.7 Å². The van der Waals surface area contributed by atoms with Gasteiger partial charge < -0.3 is 4.74 Å². The van der Waals surface area contributed by atoms with Crippen molar-refractivity contribution in [1.82, 2.24) is 0 Å². The number of Topliss-reactive ketones (excluding diaryl/α,β-unsaturated/α-hetero) is 1. The topological polar surface area (TPSA) is 85.2 Å². The molecule has 2 atom stereocenters. The van der Waals surface area contributed by atoms with Gasteiger partial charge in [-0.1, -0.05) is 11.6 Å². The van der Waals surface area contributed by atoms with E-state index in [2.05, 4.69) is 14.7 Å². The average molecular weight is 255 g/mol. The van der Waals surface area contributed by atoms with Gasteiger partial charge in [0.05, 0.1) is 18.4 Å². The second-order valence-corrected chi connectivity index (χ2v) is 3.84. The highest BCUT2D eigenvalue weighted by atomic mass is 35.5. The van der Waals surface area contributed by atoms with Crippen LogP contribution in [0.15, 0.2) is 21.1 Å². The highest BCUT2D eigenvalue weighted by Gasteiger charge is 2.40. The van der Waals surface area contributed by atoms with Gasteiger partial charge >= 0.3 is 5.97 Å². The van der Waals surface area contributed by atoms with E-state index in [1.807, 2.05) is 0 Å². The highest BCUT2D eigenvalue weighted by molar-refractivity contribution is 6.60. The van der Waals surface area contributed by atoms with Crippen LogP contribution in [0.2, 0.25) is 0 Å². The van der Waals surface area contributed by atoms with E-state index in [0.29, 0.717) is 0 Å². The van der Waals surface area contributed by atoms with Crippen LogP contribution in [0.25, 0.3) is 0 Å². The number of halogens is 1. The lowest BCUT2D eigenvalue weighted by Gasteiger charge is -2.24. The first-order valence-electron chi connectivity index (χ1n) is 4.69. The predicted octanol–water partition coefficient (Wildman–Crippen LogP) is -0.304. The number of ketones is 2. The van der Waals surface area contributed by atoms with Crippen molar-refractivity contribution in [3.05, 3.63) is 11.1 Å². The maximum Gasteiger partial charge on any atom is 0.357 e. The van der Waals surface area contributed by atoms with Crippen molar-refractivity contribution < 1.29 is 19.1 Å². The second kappa shape index (κ2) is 4.21. The first-order chi connectivity index (χ1) is 8.04. The Morgan fingerprint density at radius 1 is 1.41 bits per heavy atom. The molecule has 0 N–H and O–H groups in total. The average Bonchev–Trinajstić information content (AvgIpc) is 2.34. The van der Waals surface area contributed by atoms with Gasteiger partial charge in [0.25, 0.3) is 0 Å². The Balaban J connectivity index is 2.38. The summed E-state index contributed by atoms with van der Waals surface area (Å²) in [5.41, 5.74) is -0.0821. The molecule has 0 fully saturated rings. The van der Waals surface area contributed by atoms with Crippen molar-refractivity contribution >= 4 is 41.1 Å². The van der Waals surface area contributed by atoms with Crippen molar-refractivity contribution in [2.75, 3.05) is 7.11 Å². The summed E-state index contributed by atoms with van der Waals surface area (Å²) >= 11 is 5.58. The molecule has 1 aliphatic carbocycles. The van der Waals surface area contributed by atoms with Crippen LogP contribution in [0, 0.1) is 0 Å². The molecule has 6 nitrogen and oxygen atoms in total. The Morgan fingerprint density at radius 2 is 2.12 bits per heavy atom. The largest absolute Gasteiger partial charge is 0.464 e. The number of fused-ring (bicyclic) bond motifs is 1. The van der Waals surface area contributed by atoms with Crippen LogP contribution >= 0.6 is 11.6 Å². The molecule has 0 aromatic carbocycles. The van der Waals surface area contributed by atoms with E-state index < -0.39 is 29.6 Å². The van der Waals surface area contributed by atoms with Crippen molar-refractivity contribution in [2.45, 2.75) is 12.1 Å². The molecule has 0 saturated heterocycles. The standard InChI is InChI=1S/C10H7ClN2O4/c1-17-10(16)5-3-12-8-7(13-5)6(14)2-4(11)9(8)15/h2-3,7-8H,1H3. The fourth-order valence-electron chi connectivity index (χ4n) is 1.55. The molecular weight excluding hydrogens is 248 g/mol. The molecule has 0 spiro atoms. The van der Waals surface area contributed by atoms with Crippen molar-refractivity contribution in [3.8, 4) is 0 Å². The van der Waals surface area contributed by atoms with Gasteiger partial charge in [-0.15, -0.1) is 0 Å². The minimum absolute atomic E-state index is 0.0821.